The van der Waals surface area contributed by atoms with Crippen molar-refractivity contribution in [1.82, 2.24) is 0 Å². The lowest BCUT2D eigenvalue weighted by molar-refractivity contribution is -0.423. The van der Waals surface area contributed by atoms with Gasteiger partial charge in [-0.05, 0) is 18.2 Å². The average Bonchev–Trinajstić information content (AvgIpc) is 2.81. The highest BCUT2D eigenvalue weighted by Gasteiger charge is 2.16. The van der Waals surface area contributed by atoms with Crippen LogP contribution in [0.3, 0.4) is 0 Å². The molecule has 1 aromatic heterocycles. The molecule has 92 valence electrons. The zero-order valence-electron chi connectivity index (χ0n) is 9.51. The molecule has 0 saturated heterocycles. The van der Waals surface area contributed by atoms with E-state index < -0.39 is 11.7 Å². The van der Waals surface area contributed by atoms with E-state index in [9.17, 15) is 14.1 Å². The third kappa shape index (κ3) is 2.60. The van der Waals surface area contributed by atoms with Crippen LogP contribution in [0.25, 0.3) is 0 Å². The number of nitroso groups, excluding NO2 is 1. The lowest BCUT2D eigenvalue weighted by Crippen LogP contribution is -2.11. The average molecular weight is 265 g/mol. The van der Waals surface area contributed by atoms with Gasteiger partial charge in [0.1, 0.15) is 5.82 Å². The molecule has 6 heteroatoms. The number of nitrogens with one attached hydrogen (secondary N) is 1. The van der Waals surface area contributed by atoms with Crippen molar-refractivity contribution < 1.29 is 13.9 Å². The smallest absolute Gasteiger partial charge is 0.311 e. The molecule has 4 nitrogen and oxygen atoms in total. The second kappa shape index (κ2) is 5.05. The molecule has 0 radical (unpaired) electrons. The number of benzene rings is 1. The molecular formula is C12H10FN2O2S+. The number of rotatable bonds is 3. The van der Waals surface area contributed by atoms with E-state index in [0.29, 0.717) is 14.6 Å². The molecule has 0 aliphatic carbocycles. The van der Waals surface area contributed by atoms with E-state index in [-0.39, 0.29) is 5.69 Å². The van der Waals surface area contributed by atoms with Crippen LogP contribution in [0.4, 0.5) is 15.1 Å². The monoisotopic (exact) mass is 265 g/mol. The van der Waals surface area contributed by atoms with Crippen LogP contribution in [0.1, 0.15) is 9.67 Å². The fourth-order valence-electron chi connectivity index (χ4n) is 1.37. The molecule has 1 amide bonds. The first-order valence-electron chi connectivity index (χ1n) is 5.14. The lowest BCUT2D eigenvalue weighted by Gasteiger charge is -2.03. The number of nitrogens with zero attached hydrogens (tertiary/aromatic N) is 1. The minimum atomic E-state index is -0.497. The van der Waals surface area contributed by atoms with Crippen molar-refractivity contribution in [3.63, 3.8) is 0 Å². The Bertz CT molecular complexity index is 610. The van der Waals surface area contributed by atoms with E-state index in [4.69, 9.17) is 0 Å². The molecule has 0 bridgehead atoms. The number of hydrogen-bond donors (Lipinski definition) is 1. The van der Waals surface area contributed by atoms with Crippen LogP contribution in [0.2, 0.25) is 0 Å². The van der Waals surface area contributed by atoms with E-state index in [1.807, 2.05) is 0 Å². The number of para-hydroxylation sites is 1. The van der Waals surface area contributed by atoms with Crippen molar-refractivity contribution in [2.75, 3.05) is 12.4 Å². The molecule has 1 heterocycles. The van der Waals surface area contributed by atoms with Crippen LogP contribution in [-0.2, 0) is 0 Å². The highest BCUT2D eigenvalue weighted by atomic mass is 32.1. The van der Waals surface area contributed by atoms with E-state index in [1.165, 1.54) is 25.2 Å². The minimum absolute atomic E-state index is 0.118. The molecule has 0 fully saturated rings. The van der Waals surface area contributed by atoms with Gasteiger partial charge in [0, 0.05) is 15.7 Å². The van der Waals surface area contributed by atoms with Crippen molar-refractivity contribution in [3.8, 4) is 0 Å². The van der Waals surface area contributed by atoms with Gasteiger partial charge in [0.15, 0.2) is 7.05 Å². The highest BCUT2D eigenvalue weighted by molar-refractivity contribution is 7.17. The predicted octanol–water partition coefficient (Wildman–Crippen LogP) is 3.18. The summed E-state index contributed by atoms with van der Waals surface area (Å²) in [7, 11) is 1.35. The molecule has 18 heavy (non-hydrogen) atoms. The highest BCUT2D eigenvalue weighted by Crippen LogP contribution is 2.24. The number of carbonyl (C=O) groups is 1. The van der Waals surface area contributed by atoms with Crippen molar-refractivity contribution in [2.45, 2.75) is 0 Å². The zero-order chi connectivity index (χ0) is 13.1. The molecule has 0 aliphatic heterocycles. The topological polar surface area (TPSA) is 49.2 Å². The maximum Gasteiger partial charge on any atom is 0.311 e. The quantitative estimate of drug-likeness (QED) is 0.866. The molecular weight excluding hydrogens is 255 g/mol. The number of thiophene rings is 1. The van der Waals surface area contributed by atoms with Gasteiger partial charge in [0.05, 0.1) is 10.6 Å². The summed E-state index contributed by atoms with van der Waals surface area (Å²) in [4.78, 5) is 23.2. The largest absolute Gasteiger partial charge is 0.319 e. The fourth-order valence-corrected chi connectivity index (χ4v) is 2.14. The first-order valence-corrected chi connectivity index (χ1v) is 5.96. The zero-order valence-corrected chi connectivity index (χ0v) is 10.3. The number of hydrogen-bond acceptors (Lipinski definition) is 3. The molecule has 0 atom stereocenters. The van der Waals surface area contributed by atoms with Crippen LogP contribution in [0.5, 0.6) is 0 Å². The van der Waals surface area contributed by atoms with Crippen molar-refractivity contribution in [3.05, 3.63) is 52.0 Å². The van der Waals surface area contributed by atoms with Crippen LogP contribution < -0.4 is 5.32 Å². The fraction of sp³-hybridized carbons (Fsp3) is 0.0833. The molecule has 0 aliphatic rings. The summed E-state index contributed by atoms with van der Waals surface area (Å²) >= 11 is 1.05. The second-order valence-corrected chi connectivity index (χ2v) is 4.63. The predicted molar refractivity (Wildman–Crippen MR) is 67.9 cm³/mol. The number of halogens is 1. The Morgan fingerprint density at radius 3 is 2.61 bits per heavy atom. The van der Waals surface area contributed by atoms with Crippen molar-refractivity contribution >= 4 is 27.9 Å². The van der Waals surface area contributed by atoms with Gasteiger partial charge in [0.25, 0.3) is 5.91 Å². The van der Waals surface area contributed by atoms with Crippen LogP contribution in [-0.4, -0.2) is 17.7 Å². The summed E-state index contributed by atoms with van der Waals surface area (Å²) in [5.74, 6) is -0.929. The standard InChI is InChI=1S/C12H9FN2O2S/c1-15(17)11-7-6-10(18-11)12(16)14-9-5-3-2-4-8(9)13/h2-7H,1H3/p+1. The molecule has 0 saturated carbocycles. The van der Waals surface area contributed by atoms with Gasteiger partial charge in [-0.2, -0.15) is 0 Å². The molecule has 0 unspecified atom stereocenters. The first-order chi connectivity index (χ1) is 8.58. The Morgan fingerprint density at radius 2 is 2.00 bits per heavy atom. The van der Waals surface area contributed by atoms with Gasteiger partial charge >= 0.3 is 5.00 Å². The lowest BCUT2D eigenvalue weighted by atomic mass is 10.3. The summed E-state index contributed by atoms with van der Waals surface area (Å²) in [5.41, 5.74) is 0.118. The molecule has 0 spiro atoms. The van der Waals surface area contributed by atoms with Gasteiger partial charge in [0.2, 0.25) is 0 Å². The third-order valence-electron chi connectivity index (χ3n) is 2.25. The Morgan fingerprint density at radius 1 is 1.28 bits per heavy atom. The Hall–Kier alpha value is -2.08. The van der Waals surface area contributed by atoms with Gasteiger partial charge in [-0.25, -0.2) is 4.39 Å². The van der Waals surface area contributed by atoms with Gasteiger partial charge in [-0.15, -0.1) is 0 Å². The van der Waals surface area contributed by atoms with E-state index in [1.54, 1.807) is 18.2 Å². The number of carbonyl (C=O) groups excluding carboxylic acids is 1. The Kier molecular flexibility index (Phi) is 3.47. The number of amides is 1. The third-order valence-corrected chi connectivity index (χ3v) is 3.39. The molecule has 1 N–H and O–H groups in total. The van der Waals surface area contributed by atoms with Crippen molar-refractivity contribution in [2.24, 2.45) is 0 Å². The summed E-state index contributed by atoms with van der Waals surface area (Å²) in [6, 6.07) is 8.99. The molecule has 2 rings (SSSR count). The van der Waals surface area contributed by atoms with Crippen LogP contribution >= 0.6 is 11.3 Å². The van der Waals surface area contributed by atoms with Crippen LogP contribution in [0, 0.1) is 10.7 Å². The Labute approximate surface area is 107 Å². The maximum atomic E-state index is 13.3. The SMILES string of the molecule is C[N+](=O)c1ccc(C(=O)Nc2ccccc2F)s1. The van der Waals surface area contributed by atoms with Gasteiger partial charge in [-0.3, -0.25) is 4.79 Å². The second-order valence-electron chi connectivity index (χ2n) is 3.57. The summed E-state index contributed by atoms with van der Waals surface area (Å²) < 4.78 is 14.0. The van der Waals surface area contributed by atoms with E-state index in [2.05, 4.69) is 5.32 Å². The minimum Gasteiger partial charge on any atom is -0.319 e. The summed E-state index contributed by atoms with van der Waals surface area (Å²) in [5, 5.41) is 2.88. The first kappa shape index (κ1) is 12.4. The summed E-state index contributed by atoms with van der Waals surface area (Å²) in [6.07, 6.45) is 0. The molecule has 2 aromatic rings. The van der Waals surface area contributed by atoms with E-state index >= 15 is 0 Å². The van der Waals surface area contributed by atoms with E-state index in [0.717, 1.165) is 11.3 Å². The van der Waals surface area contributed by atoms with Crippen molar-refractivity contribution in [1.29, 1.82) is 0 Å². The summed E-state index contributed by atoms with van der Waals surface area (Å²) in [6.45, 7) is 0. The molecule has 1 aromatic carbocycles. The van der Waals surface area contributed by atoms with Gasteiger partial charge < -0.3 is 5.32 Å². The van der Waals surface area contributed by atoms with Crippen LogP contribution in [0.15, 0.2) is 36.4 Å². The normalized spacial score (nSPS) is 10.1. The van der Waals surface area contributed by atoms with Gasteiger partial charge in [-0.1, -0.05) is 23.5 Å². The maximum absolute atomic E-state index is 13.3. The number of anilines is 1. The Balaban J connectivity index is 2.17.